The monoisotopic (exact) mass is 168 g/mol. The third-order valence-corrected chi connectivity index (χ3v) is 2.06. The molecule has 0 unspecified atom stereocenters. The Labute approximate surface area is 70.9 Å². The molecule has 1 aliphatic rings. The molecule has 1 aliphatic heterocycles. The van der Waals surface area contributed by atoms with Gasteiger partial charge in [-0.05, 0) is 19.3 Å². The highest BCUT2D eigenvalue weighted by Gasteiger charge is 2.18. The molecule has 4 heteroatoms. The molecule has 2 heterocycles. The van der Waals surface area contributed by atoms with Crippen molar-refractivity contribution in [3.8, 4) is 0 Å². The summed E-state index contributed by atoms with van der Waals surface area (Å²) < 4.78 is 10.3. The first kappa shape index (κ1) is 7.73. The zero-order valence-corrected chi connectivity index (χ0v) is 7.12. The molecule has 1 aromatic heterocycles. The molecule has 0 aliphatic carbocycles. The van der Waals surface area contributed by atoms with Gasteiger partial charge >= 0.3 is 0 Å². The largest absolute Gasteiger partial charge is 0.381 e. The standard InChI is InChI=1S/C8H12N2O2/c1-6-9-8(12-10-6)4-7-2-3-11-5-7/h7H,2-5H2,1H3/t7-/m1/s1. The van der Waals surface area contributed by atoms with Gasteiger partial charge in [-0.3, -0.25) is 0 Å². The van der Waals surface area contributed by atoms with E-state index in [1.165, 1.54) is 0 Å². The molecule has 12 heavy (non-hydrogen) atoms. The molecule has 0 N–H and O–H groups in total. The summed E-state index contributed by atoms with van der Waals surface area (Å²) in [6.07, 6.45) is 1.97. The van der Waals surface area contributed by atoms with Gasteiger partial charge in [0.15, 0.2) is 5.82 Å². The Kier molecular flexibility index (Phi) is 2.08. The number of hydrogen-bond donors (Lipinski definition) is 0. The van der Waals surface area contributed by atoms with Crippen molar-refractivity contribution in [3.63, 3.8) is 0 Å². The van der Waals surface area contributed by atoms with Crippen molar-refractivity contribution in [2.45, 2.75) is 19.8 Å². The van der Waals surface area contributed by atoms with Gasteiger partial charge < -0.3 is 9.26 Å². The summed E-state index contributed by atoms with van der Waals surface area (Å²) in [6.45, 7) is 3.54. The van der Waals surface area contributed by atoms with E-state index in [4.69, 9.17) is 9.26 Å². The Hall–Kier alpha value is -0.900. The molecule has 66 valence electrons. The molecular weight excluding hydrogens is 156 g/mol. The van der Waals surface area contributed by atoms with Crippen LogP contribution in [0.3, 0.4) is 0 Å². The summed E-state index contributed by atoms with van der Waals surface area (Å²) in [4.78, 5) is 4.14. The molecule has 0 amide bonds. The second-order valence-electron chi connectivity index (χ2n) is 3.17. The van der Waals surface area contributed by atoms with Crippen LogP contribution in [0.1, 0.15) is 18.1 Å². The van der Waals surface area contributed by atoms with Gasteiger partial charge in [-0.1, -0.05) is 5.16 Å². The zero-order chi connectivity index (χ0) is 8.39. The van der Waals surface area contributed by atoms with E-state index in [-0.39, 0.29) is 0 Å². The minimum absolute atomic E-state index is 0.574. The minimum atomic E-state index is 0.574. The summed E-state index contributed by atoms with van der Waals surface area (Å²) in [7, 11) is 0. The average molecular weight is 168 g/mol. The average Bonchev–Trinajstić information content (AvgIpc) is 2.63. The van der Waals surface area contributed by atoms with Gasteiger partial charge in [0.1, 0.15) is 0 Å². The maximum atomic E-state index is 5.25. The van der Waals surface area contributed by atoms with Crippen molar-refractivity contribution < 1.29 is 9.26 Å². The van der Waals surface area contributed by atoms with Crippen LogP contribution in [0.4, 0.5) is 0 Å². The van der Waals surface area contributed by atoms with E-state index >= 15 is 0 Å². The van der Waals surface area contributed by atoms with Crippen LogP contribution in [-0.2, 0) is 11.2 Å². The van der Waals surface area contributed by atoms with Crippen LogP contribution in [0.15, 0.2) is 4.52 Å². The number of hydrogen-bond acceptors (Lipinski definition) is 4. The lowest BCUT2D eigenvalue weighted by Gasteiger charge is -2.00. The Morgan fingerprint density at radius 1 is 1.58 bits per heavy atom. The number of aromatic nitrogens is 2. The fourth-order valence-electron chi connectivity index (χ4n) is 1.41. The second kappa shape index (κ2) is 3.23. The van der Waals surface area contributed by atoms with Crippen LogP contribution in [0.25, 0.3) is 0 Å². The summed E-state index contributed by atoms with van der Waals surface area (Å²) in [5.41, 5.74) is 0. The molecule has 0 saturated carbocycles. The quantitative estimate of drug-likeness (QED) is 0.659. The number of nitrogens with zero attached hydrogens (tertiary/aromatic N) is 2. The smallest absolute Gasteiger partial charge is 0.226 e. The van der Waals surface area contributed by atoms with Gasteiger partial charge in [-0.2, -0.15) is 4.98 Å². The van der Waals surface area contributed by atoms with E-state index in [1.807, 2.05) is 6.92 Å². The maximum absolute atomic E-state index is 5.25. The van der Waals surface area contributed by atoms with E-state index in [9.17, 15) is 0 Å². The van der Waals surface area contributed by atoms with Crippen LogP contribution in [0.2, 0.25) is 0 Å². The fourth-order valence-corrected chi connectivity index (χ4v) is 1.41. The normalized spacial score (nSPS) is 23.2. The van der Waals surface area contributed by atoms with Crippen LogP contribution in [-0.4, -0.2) is 23.4 Å². The topological polar surface area (TPSA) is 48.2 Å². The highest BCUT2D eigenvalue weighted by Crippen LogP contribution is 2.16. The van der Waals surface area contributed by atoms with E-state index < -0.39 is 0 Å². The fraction of sp³-hybridized carbons (Fsp3) is 0.750. The van der Waals surface area contributed by atoms with Gasteiger partial charge in [0, 0.05) is 19.6 Å². The third kappa shape index (κ3) is 1.64. The van der Waals surface area contributed by atoms with Crippen molar-refractivity contribution >= 4 is 0 Å². The van der Waals surface area contributed by atoms with Gasteiger partial charge in [0.05, 0.1) is 0 Å². The van der Waals surface area contributed by atoms with Crippen molar-refractivity contribution in [1.82, 2.24) is 10.1 Å². The van der Waals surface area contributed by atoms with E-state index in [0.29, 0.717) is 11.7 Å². The first-order chi connectivity index (χ1) is 5.84. The van der Waals surface area contributed by atoms with Crippen molar-refractivity contribution in [1.29, 1.82) is 0 Å². The molecule has 1 aromatic rings. The first-order valence-electron chi connectivity index (χ1n) is 4.21. The Morgan fingerprint density at radius 3 is 3.08 bits per heavy atom. The predicted octanol–water partition coefficient (Wildman–Crippen LogP) is 0.957. The Bertz CT molecular complexity index is 253. The highest BCUT2D eigenvalue weighted by atomic mass is 16.5. The number of aryl methyl sites for hydroxylation is 1. The molecule has 4 nitrogen and oxygen atoms in total. The summed E-state index contributed by atoms with van der Waals surface area (Å²) in [5.74, 6) is 2.02. The molecule has 1 fully saturated rings. The maximum Gasteiger partial charge on any atom is 0.226 e. The molecule has 0 bridgehead atoms. The predicted molar refractivity (Wildman–Crippen MR) is 41.7 cm³/mol. The second-order valence-corrected chi connectivity index (χ2v) is 3.17. The van der Waals surface area contributed by atoms with Crippen LogP contribution in [0, 0.1) is 12.8 Å². The lowest BCUT2D eigenvalue weighted by Crippen LogP contribution is -2.03. The molecule has 0 radical (unpaired) electrons. The van der Waals surface area contributed by atoms with Crippen LogP contribution < -0.4 is 0 Å². The third-order valence-electron chi connectivity index (χ3n) is 2.06. The molecule has 1 saturated heterocycles. The van der Waals surface area contributed by atoms with Crippen LogP contribution in [0.5, 0.6) is 0 Å². The van der Waals surface area contributed by atoms with Crippen molar-refractivity contribution in [2.24, 2.45) is 5.92 Å². The summed E-state index contributed by atoms with van der Waals surface area (Å²) >= 11 is 0. The zero-order valence-electron chi connectivity index (χ0n) is 7.12. The SMILES string of the molecule is Cc1noc(C[C@H]2CCOC2)n1. The summed E-state index contributed by atoms with van der Waals surface area (Å²) in [5, 5.41) is 3.73. The van der Waals surface area contributed by atoms with Gasteiger partial charge in [-0.25, -0.2) is 0 Å². The highest BCUT2D eigenvalue weighted by molar-refractivity contribution is 4.85. The first-order valence-corrected chi connectivity index (χ1v) is 4.21. The van der Waals surface area contributed by atoms with E-state index in [1.54, 1.807) is 0 Å². The van der Waals surface area contributed by atoms with Gasteiger partial charge in [0.25, 0.3) is 0 Å². The van der Waals surface area contributed by atoms with E-state index in [0.717, 1.165) is 31.9 Å². The minimum Gasteiger partial charge on any atom is -0.381 e. The van der Waals surface area contributed by atoms with Gasteiger partial charge in [-0.15, -0.1) is 0 Å². The summed E-state index contributed by atoms with van der Waals surface area (Å²) in [6, 6.07) is 0. The molecule has 1 atom stereocenters. The molecular formula is C8H12N2O2. The van der Waals surface area contributed by atoms with Gasteiger partial charge in [0.2, 0.25) is 5.89 Å². The molecule has 0 spiro atoms. The Morgan fingerprint density at radius 2 is 2.50 bits per heavy atom. The van der Waals surface area contributed by atoms with Crippen molar-refractivity contribution in [2.75, 3.05) is 13.2 Å². The lowest BCUT2D eigenvalue weighted by molar-refractivity contribution is 0.183. The number of ether oxygens (including phenoxy) is 1. The van der Waals surface area contributed by atoms with Crippen molar-refractivity contribution in [3.05, 3.63) is 11.7 Å². The molecule has 2 rings (SSSR count). The Balaban J connectivity index is 1.94. The molecule has 0 aromatic carbocycles. The number of rotatable bonds is 2. The lowest BCUT2D eigenvalue weighted by atomic mass is 10.1. The van der Waals surface area contributed by atoms with Crippen LogP contribution >= 0.6 is 0 Å². The van der Waals surface area contributed by atoms with E-state index in [2.05, 4.69) is 10.1 Å².